The number of pyridine rings is 1. The summed E-state index contributed by atoms with van der Waals surface area (Å²) in [4.78, 5) is 20.9. The highest BCUT2D eigenvalue weighted by Gasteiger charge is 2.06. The molecule has 21 heavy (non-hydrogen) atoms. The normalized spacial score (nSPS) is 10.9. The Kier molecular flexibility index (Phi) is 3.96. The first-order chi connectivity index (χ1) is 10.3. The van der Waals surface area contributed by atoms with Gasteiger partial charge >= 0.3 is 0 Å². The van der Waals surface area contributed by atoms with E-state index in [9.17, 15) is 4.79 Å². The van der Waals surface area contributed by atoms with Crippen molar-refractivity contribution in [3.05, 3.63) is 52.0 Å². The van der Waals surface area contributed by atoms with Crippen LogP contribution in [0.2, 0.25) is 0 Å². The average molecular weight is 300 g/mol. The fourth-order valence-corrected chi connectivity index (χ4v) is 2.86. The van der Waals surface area contributed by atoms with Gasteiger partial charge < -0.3 is 5.32 Å². The van der Waals surface area contributed by atoms with Gasteiger partial charge in [-0.2, -0.15) is 0 Å². The van der Waals surface area contributed by atoms with E-state index in [0.29, 0.717) is 11.2 Å². The first-order valence-electron chi connectivity index (χ1n) is 6.89. The van der Waals surface area contributed by atoms with Gasteiger partial charge in [-0.1, -0.05) is 13.0 Å². The number of anilines is 1. The molecule has 0 amide bonds. The van der Waals surface area contributed by atoms with Crippen LogP contribution in [-0.4, -0.2) is 21.1 Å². The van der Waals surface area contributed by atoms with Crippen LogP contribution in [0.3, 0.4) is 0 Å². The highest BCUT2D eigenvalue weighted by atomic mass is 32.1. The van der Waals surface area contributed by atoms with E-state index >= 15 is 0 Å². The number of rotatable bonds is 5. The van der Waals surface area contributed by atoms with Gasteiger partial charge in [0.25, 0.3) is 5.56 Å². The van der Waals surface area contributed by atoms with Crippen LogP contribution in [0.25, 0.3) is 10.2 Å². The standard InChI is InChI=1S/C15H16N4OS/c1-2-6-16-13-4-3-11(8-17-13)9-19-10-18-12-5-7-21-14(12)15(19)20/h3-5,7-8,10H,2,6,9H2,1H3,(H,16,17). The molecule has 0 aromatic carbocycles. The Bertz CT molecular complexity index is 791. The van der Waals surface area contributed by atoms with Gasteiger partial charge in [0.05, 0.1) is 18.4 Å². The highest BCUT2D eigenvalue weighted by molar-refractivity contribution is 7.17. The number of aromatic nitrogens is 3. The Morgan fingerprint density at radius 3 is 2.95 bits per heavy atom. The lowest BCUT2D eigenvalue weighted by Gasteiger charge is -2.07. The largest absolute Gasteiger partial charge is 0.370 e. The van der Waals surface area contributed by atoms with Crippen LogP contribution in [-0.2, 0) is 6.54 Å². The monoisotopic (exact) mass is 300 g/mol. The van der Waals surface area contributed by atoms with E-state index in [1.165, 1.54) is 11.3 Å². The summed E-state index contributed by atoms with van der Waals surface area (Å²) < 4.78 is 2.32. The van der Waals surface area contributed by atoms with Gasteiger partial charge in [-0.3, -0.25) is 9.36 Å². The maximum Gasteiger partial charge on any atom is 0.271 e. The predicted octanol–water partition coefficient (Wildman–Crippen LogP) is 2.72. The zero-order valence-electron chi connectivity index (χ0n) is 11.7. The van der Waals surface area contributed by atoms with Crippen LogP contribution < -0.4 is 10.9 Å². The molecule has 0 atom stereocenters. The van der Waals surface area contributed by atoms with Crippen LogP contribution in [0.4, 0.5) is 5.82 Å². The minimum Gasteiger partial charge on any atom is -0.370 e. The molecule has 108 valence electrons. The molecule has 0 saturated carbocycles. The fourth-order valence-electron chi connectivity index (χ4n) is 2.06. The minimum atomic E-state index is 0.00295. The van der Waals surface area contributed by atoms with Gasteiger partial charge in [0.1, 0.15) is 10.5 Å². The molecule has 3 rings (SSSR count). The second kappa shape index (κ2) is 6.05. The molecule has 0 saturated heterocycles. The van der Waals surface area contributed by atoms with Crippen LogP contribution in [0, 0.1) is 0 Å². The van der Waals surface area contributed by atoms with Crippen molar-refractivity contribution in [2.24, 2.45) is 0 Å². The number of fused-ring (bicyclic) bond motifs is 1. The van der Waals surface area contributed by atoms with Crippen LogP contribution in [0.5, 0.6) is 0 Å². The zero-order chi connectivity index (χ0) is 14.7. The van der Waals surface area contributed by atoms with Crippen molar-refractivity contribution in [1.29, 1.82) is 0 Å². The van der Waals surface area contributed by atoms with Crippen molar-refractivity contribution in [2.75, 3.05) is 11.9 Å². The SMILES string of the molecule is CCCNc1ccc(Cn2cnc3ccsc3c2=O)cn1. The first-order valence-corrected chi connectivity index (χ1v) is 7.77. The highest BCUT2D eigenvalue weighted by Crippen LogP contribution is 2.13. The van der Waals surface area contributed by atoms with Crippen molar-refractivity contribution in [3.63, 3.8) is 0 Å². The lowest BCUT2D eigenvalue weighted by molar-refractivity contribution is 0.747. The van der Waals surface area contributed by atoms with Gasteiger partial charge in [-0.15, -0.1) is 11.3 Å². The number of hydrogen-bond acceptors (Lipinski definition) is 5. The number of nitrogens with zero attached hydrogens (tertiary/aromatic N) is 3. The van der Waals surface area contributed by atoms with Gasteiger partial charge in [-0.25, -0.2) is 9.97 Å². The number of nitrogens with one attached hydrogen (secondary N) is 1. The Labute approximate surface area is 126 Å². The Hall–Kier alpha value is -2.21. The average Bonchev–Trinajstić information content (AvgIpc) is 2.99. The maximum absolute atomic E-state index is 12.3. The quantitative estimate of drug-likeness (QED) is 0.787. The summed E-state index contributed by atoms with van der Waals surface area (Å²) in [6.07, 6.45) is 4.45. The Morgan fingerprint density at radius 2 is 2.19 bits per heavy atom. The van der Waals surface area contributed by atoms with Gasteiger partial charge in [-0.05, 0) is 29.5 Å². The molecule has 1 N–H and O–H groups in total. The third-order valence-electron chi connectivity index (χ3n) is 3.17. The van der Waals surface area contributed by atoms with E-state index in [2.05, 4.69) is 22.2 Å². The van der Waals surface area contributed by atoms with Crippen molar-refractivity contribution in [2.45, 2.75) is 19.9 Å². The van der Waals surface area contributed by atoms with Crippen LogP contribution in [0.1, 0.15) is 18.9 Å². The van der Waals surface area contributed by atoms with Crippen LogP contribution >= 0.6 is 11.3 Å². The van der Waals surface area contributed by atoms with E-state index < -0.39 is 0 Å². The van der Waals surface area contributed by atoms with E-state index in [-0.39, 0.29) is 5.56 Å². The second-order valence-electron chi connectivity index (χ2n) is 4.79. The fraction of sp³-hybridized carbons (Fsp3) is 0.267. The summed E-state index contributed by atoms with van der Waals surface area (Å²) in [5, 5.41) is 5.12. The molecule has 3 aromatic rings. The maximum atomic E-state index is 12.3. The molecule has 3 heterocycles. The van der Waals surface area contributed by atoms with Gasteiger partial charge in [0.2, 0.25) is 0 Å². The molecule has 0 radical (unpaired) electrons. The molecule has 0 aliphatic carbocycles. The molecule has 3 aromatic heterocycles. The summed E-state index contributed by atoms with van der Waals surface area (Å²) in [6, 6.07) is 5.78. The number of hydrogen-bond donors (Lipinski definition) is 1. The lowest BCUT2D eigenvalue weighted by atomic mass is 10.2. The molecule has 6 heteroatoms. The molecule has 0 aliphatic rings. The summed E-state index contributed by atoms with van der Waals surface area (Å²) in [5.74, 6) is 0.861. The third-order valence-corrected chi connectivity index (χ3v) is 4.06. The molecule has 5 nitrogen and oxygen atoms in total. The van der Waals surface area contributed by atoms with Crippen molar-refractivity contribution in [1.82, 2.24) is 14.5 Å². The van der Waals surface area contributed by atoms with Gasteiger partial charge in [0, 0.05) is 12.7 Å². The molecular weight excluding hydrogens is 284 g/mol. The van der Waals surface area contributed by atoms with Crippen LogP contribution in [0.15, 0.2) is 40.9 Å². The predicted molar refractivity (Wildman–Crippen MR) is 86.0 cm³/mol. The molecule has 0 bridgehead atoms. The molecular formula is C15H16N4OS. The first kappa shape index (κ1) is 13.8. The zero-order valence-corrected chi connectivity index (χ0v) is 12.6. The smallest absolute Gasteiger partial charge is 0.271 e. The summed E-state index contributed by atoms with van der Waals surface area (Å²) >= 11 is 1.43. The number of thiophene rings is 1. The molecule has 0 aliphatic heterocycles. The van der Waals surface area contributed by atoms with Crippen molar-refractivity contribution >= 4 is 27.4 Å². The van der Waals surface area contributed by atoms with E-state index in [0.717, 1.165) is 29.9 Å². The Morgan fingerprint density at radius 1 is 1.29 bits per heavy atom. The summed E-state index contributed by atoms with van der Waals surface area (Å²) in [5.41, 5.74) is 1.75. The van der Waals surface area contributed by atoms with Crippen molar-refractivity contribution in [3.8, 4) is 0 Å². The lowest BCUT2D eigenvalue weighted by Crippen LogP contribution is -2.20. The summed E-state index contributed by atoms with van der Waals surface area (Å²) in [7, 11) is 0. The Balaban J connectivity index is 1.81. The summed E-state index contributed by atoms with van der Waals surface area (Å²) in [6.45, 7) is 3.51. The molecule has 0 unspecified atom stereocenters. The molecule has 0 fully saturated rings. The van der Waals surface area contributed by atoms with E-state index in [1.54, 1.807) is 17.1 Å². The topological polar surface area (TPSA) is 59.8 Å². The van der Waals surface area contributed by atoms with E-state index in [1.807, 2.05) is 23.6 Å². The third kappa shape index (κ3) is 2.95. The van der Waals surface area contributed by atoms with Gasteiger partial charge in [0.15, 0.2) is 0 Å². The second-order valence-corrected chi connectivity index (χ2v) is 5.71. The minimum absolute atomic E-state index is 0.00295. The van der Waals surface area contributed by atoms with Crippen molar-refractivity contribution < 1.29 is 0 Å². The molecule has 0 spiro atoms. The van der Waals surface area contributed by atoms with E-state index in [4.69, 9.17) is 0 Å².